The first-order chi connectivity index (χ1) is 11.5. The minimum absolute atomic E-state index is 0.262. The van der Waals surface area contributed by atoms with Crippen LogP contribution in [0.2, 0.25) is 5.02 Å². The van der Waals surface area contributed by atoms with Crippen LogP contribution in [0.5, 0.6) is 0 Å². The van der Waals surface area contributed by atoms with Crippen molar-refractivity contribution >= 4 is 28.9 Å². The van der Waals surface area contributed by atoms with Crippen molar-refractivity contribution in [2.75, 3.05) is 10.6 Å². The smallest absolute Gasteiger partial charge is 0.246 e. The molecular formula is C16H17ClFN5O. The highest BCUT2D eigenvalue weighted by atomic mass is 35.5. The molecule has 1 aliphatic heterocycles. The van der Waals surface area contributed by atoms with Gasteiger partial charge in [-0.05, 0) is 48.9 Å². The Kier molecular flexibility index (Phi) is 4.96. The van der Waals surface area contributed by atoms with Gasteiger partial charge in [-0.1, -0.05) is 17.7 Å². The van der Waals surface area contributed by atoms with Crippen LogP contribution in [0, 0.1) is 12.7 Å². The van der Waals surface area contributed by atoms with Crippen LogP contribution in [0.15, 0.2) is 42.5 Å². The van der Waals surface area contributed by atoms with Crippen molar-refractivity contribution in [2.45, 2.75) is 19.1 Å². The van der Waals surface area contributed by atoms with Gasteiger partial charge in [-0.15, -0.1) is 0 Å². The predicted molar refractivity (Wildman–Crippen MR) is 91.8 cm³/mol. The van der Waals surface area contributed by atoms with E-state index in [-0.39, 0.29) is 11.7 Å². The number of nitrogens with one attached hydrogen (secondary N) is 5. The molecule has 5 N–H and O–H groups in total. The van der Waals surface area contributed by atoms with E-state index in [0.29, 0.717) is 16.3 Å². The van der Waals surface area contributed by atoms with Crippen LogP contribution in [0.4, 0.5) is 15.8 Å². The van der Waals surface area contributed by atoms with Gasteiger partial charge < -0.3 is 10.6 Å². The molecule has 126 valence electrons. The number of hydrogen-bond acceptors (Lipinski definition) is 5. The number of aryl methyl sites for hydroxylation is 1. The number of anilines is 2. The van der Waals surface area contributed by atoms with Gasteiger partial charge in [0.2, 0.25) is 5.91 Å². The van der Waals surface area contributed by atoms with E-state index >= 15 is 0 Å². The number of hydrogen-bond donors (Lipinski definition) is 5. The molecule has 2 atom stereocenters. The molecule has 2 aromatic carbocycles. The predicted octanol–water partition coefficient (Wildman–Crippen LogP) is 2.15. The fourth-order valence-electron chi connectivity index (χ4n) is 2.44. The topological polar surface area (TPSA) is 77.2 Å². The average Bonchev–Trinajstić information content (AvgIpc) is 2.98. The minimum Gasteiger partial charge on any atom is -0.367 e. The summed E-state index contributed by atoms with van der Waals surface area (Å²) in [5.74, 6) is -0.602. The number of rotatable bonds is 4. The lowest BCUT2D eigenvalue weighted by Gasteiger charge is -2.20. The molecule has 0 bridgehead atoms. The largest absolute Gasteiger partial charge is 0.367 e. The third-order valence-corrected chi connectivity index (χ3v) is 3.90. The zero-order valence-corrected chi connectivity index (χ0v) is 13.6. The fraction of sp³-hybridized carbons (Fsp3) is 0.188. The van der Waals surface area contributed by atoms with Gasteiger partial charge >= 0.3 is 0 Å². The van der Waals surface area contributed by atoms with Crippen molar-refractivity contribution in [3.8, 4) is 0 Å². The Morgan fingerprint density at radius 2 is 2.04 bits per heavy atom. The second-order valence-corrected chi connectivity index (χ2v) is 5.91. The van der Waals surface area contributed by atoms with Gasteiger partial charge in [0.25, 0.3) is 0 Å². The van der Waals surface area contributed by atoms with Crippen LogP contribution in [-0.4, -0.2) is 18.1 Å². The Hall–Kier alpha value is -2.19. The molecule has 1 fully saturated rings. The lowest BCUT2D eigenvalue weighted by molar-refractivity contribution is -0.118. The standard InChI is InChI=1S/C16H17ClFN5O/c1-9-7-11(18)5-6-13(9)20-16(24)14-15(22-23-21-14)19-12-4-2-3-10(17)8-12/h2-8,14-15,19,21-23H,1H3,(H,20,24). The highest BCUT2D eigenvalue weighted by Gasteiger charge is 2.33. The summed E-state index contributed by atoms with van der Waals surface area (Å²) < 4.78 is 13.2. The van der Waals surface area contributed by atoms with Gasteiger partial charge in [0.15, 0.2) is 0 Å². The second-order valence-electron chi connectivity index (χ2n) is 5.47. The lowest BCUT2D eigenvalue weighted by Crippen LogP contribution is -2.48. The van der Waals surface area contributed by atoms with Crippen molar-refractivity contribution in [1.29, 1.82) is 0 Å². The quantitative estimate of drug-likeness (QED) is 0.584. The van der Waals surface area contributed by atoms with Gasteiger partial charge in [-0.2, -0.15) is 5.53 Å². The maximum atomic E-state index is 13.2. The molecule has 0 saturated carbocycles. The van der Waals surface area contributed by atoms with E-state index in [0.717, 1.165) is 5.69 Å². The molecule has 1 aliphatic rings. The molecular weight excluding hydrogens is 333 g/mol. The van der Waals surface area contributed by atoms with Crippen LogP contribution in [0.25, 0.3) is 0 Å². The number of amides is 1. The SMILES string of the molecule is Cc1cc(F)ccc1NC(=O)C1NNNC1Nc1cccc(Cl)c1. The zero-order chi connectivity index (χ0) is 17.1. The van der Waals surface area contributed by atoms with E-state index in [2.05, 4.69) is 27.0 Å². The molecule has 8 heteroatoms. The van der Waals surface area contributed by atoms with E-state index in [9.17, 15) is 9.18 Å². The van der Waals surface area contributed by atoms with Crippen LogP contribution >= 0.6 is 11.6 Å². The Morgan fingerprint density at radius 1 is 1.21 bits per heavy atom. The Morgan fingerprint density at radius 3 is 2.79 bits per heavy atom. The highest BCUT2D eigenvalue weighted by Crippen LogP contribution is 2.18. The number of halogens is 2. The molecule has 6 nitrogen and oxygen atoms in total. The van der Waals surface area contributed by atoms with E-state index in [1.807, 2.05) is 12.1 Å². The molecule has 0 radical (unpaired) electrons. The van der Waals surface area contributed by atoms with Gasteiger partial charge in [0.1, 0.15) is 18.0 Å². The van der Waals surface area contributed by atoms with Crippen molar-refractivity contribution in [1.82, 2.24) is 16.4 Å². The number of carbonyl (C=O) groups excluding carboxylic acids is 1. The molecule has 1 heterocycles. The second kappa shape index (κ2) is 7.14. The lowest BCUT2D eigenvalue weighted by atomic mass is 10.1. The molecule has 1 amide bonds. The Labute approximate surface area is 143 Å². The number of hydrazine groups is 2. The summed E-state index contributed by atoms with van der Waals surface area (Å²) in [6.07, 6.45) is -0.399. The Balaban J connectivity index is 1.69. The molecule has 24 heavy (non-hydrogen) atoms. The molecule has 1 saturated heterocycles. The molecule has 2 aromatic rings. The van der Waals surface area contributed by atoms with E-state index in [1.54, 1.807) is 19.1 Å². The maximum absolute atomic E-state index is 13.2. The van der Waals surface area contributed by atoms with Crippen molar-refractivity contribution in [3.63, 3.8) is 0 Å². The fourth-order valence-corrected chi connectivity index (χ4v) is 2.63. The summed E-state index contributed by atoms with van der Waals surface area (Å²) in [6.45, 7) is 1.74. The monoisotopic (exact) mass is 349 g/mol. The number of carbonyl (C=O) groups is 1. The first kappa shape index (κ1) is 16.7. The summed E-state index contributed by atoms with van der Waals surface area (Å²) in [4.78, 5) is 12.5. The molecule has 2 unspecified atom stereocenters. The zero-order valence-electron chi connectivity index (χ0n) is 12.9. The summed E-state index contributed by atoms with van der Waals surface area (Å²) in [7, 11) is 0. The van der Waals surface area contributed by atoms with Crippen molar-refractivity contribution < 1.29 is 9.18 Å². The van der Waals surface area contributed by atoms with Gasteiger partial charge in [-0.25, -0.2) is 15.2 Å². The molecule has 0 aromatic heterocycles. The first-order valence-electron chi connectivity index (χ1n) is 7.38. The third kappa shape index (κ3) is 3.82. The summed E-state index contributed by atoms with van der Waals surface area (Å²) in [5, 5.41) is 6.57. The Bertz CT molecular complexity index is 757. The first-order valence-corrected chi connectivity index (χ1v) is 7.76. The molecule has 0 spiro atoms. The van der Waals surface area contributed by atoms with Crippen molar-refractivity contribution in [2.24, 2.45) is 0 Å². The average molecular weight is 350 g/mol. The number of benzene rings is 2. The van der Waals surface area contributed by atoms with Crippen molar-refractivity contribution in [3.05, 3.63) is 58.9 Å². The van der Waals surface area contributed by atoms with Gasteiger partial charge in [0, 0.05) is 16.4 Å². The summed E-state index contributed by atoms with van der Waals surface area (Å²) in [6, 6.07) is 10.8. The van der Waals surface area contributed by atoms with Gasteiger partial charge in [0.05, 0.1) is 0 Å². The maximum Gasteiger partial charge on any atom is 0.246 e. The van der Waals surface area contributed by atoms with E-state index in [4.69, 9.17) is 11.6 Å². The van der Waals surface area contributed by atoms with Crippen LogP contribution in [-0.2, 0) is 4.79 Å². The third-order valence-electron chi connectivity index (χ3n) is 3.66. The van der Waals surface area contributed by atoms with E-state index in [1.165, 1.54) is 18.2 Å². The van der Waals surface area contributed by atoms with E-state index < -0.39 is 12.2 Å². The minimum atomic E-state index is -0.589. The van der Waals surface area contributed by atoms with Crippen LogP contribution in [0.3, 0.4) is 0 Å². The van der Waals surface area contributed by atoms with Gasteiger partial charge in [-0.3, -0.25) is 4.79 Å². The highest BCUT2D eigenvalue weighted by molar-refractivity contribution is 6.30. The van der Waals surface area contributed by atoms with Crippen LogP contribution in [0.1, 0.15) is 5.56 Å². The van der Waals surface area contributed by atoms with Crippen LogP contribution < -0.4 is 27.0 Å². The summed E-state index contributed by atoms with van der Waals surface area (Å²) >= 11 is 5.97. The normalized spacial score (nSPS) is 20.0. The molecule has 0 aliphatic carbocycles. The summed E-state index contributed by atoms with van der Waals surface area (Å²) in [5.41, 5.74) is 10.5. The molecule has 3 rings (SSSR count).